The van der Waals surface area contributed by atoms with Crippen LogP contribution in [0.1, 0.15) is 149 Å². The lowest BCUT2D eigenvalue weighted by molar-refractivity contribution is -0.159. The first kappa shape index (κ1) is 49.7. The van der Waals surface area contributed by atoms with Gasteiger partial charge in [-0.25, -0.2) is 0 Å². The molecule has 51 heavy (non-hydrogen) atoms. The fourth-order valence-corrected chi connectivity index (χ4v) is 5.99. The van der Waals surface area contributed by atoms with Crippen molar-refractivity contribution in [2.24, 2.45) is 0 Å². The van der Waals surface area contributed by atoms with Gasteiger partial charge in [-0.2, -0.15) is 0 Å². The number of aliphatic hydroxyl groups excluding tert-OH is 2. The van der Waals surface area contributed by atoms with E-state index in [-0.39, 0.29) is 25.5 Å². The minimum Gasteiger partial charge on any atom is -0.466 e. The Morgan fingerprint density at radius 2 is 1.00 bits per heavy atom. The Hall–Kier alpha value is -1.33. The molecule has 0 aromatic rings. The molecule has 0 unspecified atom stereocenters. The molecule has 0 atom stereocenters. The number of allylic oxidation sites excluding steroid dienone is 4. The molecule has 0 aromatic heterocycles. The van der Waals surface area contributed by atoms with Crippen LogP contribution >= 0.6 is 0 Å². The zero-order chi connectivity index (χ0) is 37.3. The van der Waals surface area contributed by atoms with Crippen LogP contribution in [0.4, 0.5) is 0 Å². The van der Waals surface area contributed by atoms with E-state index in [1.54, 1.807) is 7.11 Å². The lowest BCUT2D eigenvalue weighted by atomic mass is 10.1. The van der Waals surface area contributed by atoms with Gasteiger partial charge in [-0.05, 0) is 110 Å². The molecular weight excluding hydrogens is 644 g/mol. The first-order chi connectivity index (χ1) is 25.1. The zero-order valence-corrected chi connectivity index (χ0v) is 33.6. The van der Waals surface area contributed by atoms with Crippen LogP contribution in [0.15, 0.2) is 24.3 Å². The molecule has 0 saturated carbocycles. The molecule has 9 heteroatoms. The maximum Gasteiger partial charge on any atom is 0.305 e. The molecule has 2 N–H and O–H groups in total. The van der Waals surface area contributed by atoms with E-state index < -0.39 is 0 Å². The second kappa shape index (κ2) is 41.4. The highest BCUT2D eigenvalue weighted by molar-refractivity contribution is 5.69. The summed E-state index contributed by atoms with van der Waals surface area (Å²) in [6.45, 7) is 12.6. The molecule has 0 aliphatic carbocycles. The fourth-order valence-electron chi connectivity index (χ4n) is 5.99. The third-order valence-electron chi connectivity index (χ3n) is 9.01. The van der Waals surface area contributed by atoms with Crippen LogP contribution in [0.3, 0.4) is 0 Å². The van der Waals surface area contributed by atoms with Crippen LogP contribution in [0.5, 0.6) is 0 Å². The smallest absolute Gasteiger partial charge is 0.305 e. The minimum atomic E-state index is -0.351. The first-order valence-electron chi connectivity index (χ1n) is 20.9. The van der Waals surface area contributed by atoms with E-state index in [2.05, 4.69) is 48.0 Å². The van der Waals surface area contributed by atoms with Gasteiger partial charge < -0.3 is 34.1 Å². The van der Waals surface area contributed by atoms with Gasteiger partial charge in [-0.15, -0.1) is 0 Å². The maximum absolute atomic E-state index is 12.5. The molecule has 9 nitrogen and oxygen atoms in total. The van der Waals surface area contributed by atoms with Crippen molar-refractivity contribution in [2.75, 3.05) is 86.0 Å². The molecule has 0 aliphatic rings. The number of rotatable bonds is 41. The van der Waals surface area contributed by atoms with Gasteiger partial charge in [-0.1, -0.05) is 76.7 Å². The van der Waals surface area contributed by atoms with Gasteiger partial charge in [0.2, 0.25) is 0 Å². The molecule has 0 heterocycles. The van der Waals surface area contributed by atoms with Crippen LogP contribution in [0, 0.1) is 0 Å². The van der Waals surface area contributed by atoms with Gasteiger partial charge in [-0.3, -0.25) is 9.69 Å². The normalized spacial score (nSPS) is 12.2. The Morgan fingerprint density at radius 1 is 0.549 bits per heavy atom. The second-order valence-corrected chi connectivity index (χ2v) is 13.7. The zero-order valence-electron chi connectivity index (χ0n) is 33.6. The van der Waals surface area contributed by atoms with Crippen LogP contribution < -0.4 is 0 Å². The number of aliphatic hydroxyl groups is 2. The lowest BCUT2D eigenvalue weighted by Crippen LogP contribution is -2.34. The van der Waals surface area contributed by atoms with E-state index in [0.29, 0.717) is 45.8 Å². The molecule has 0 bridgehead atoms. The van der Waals surface area contributed by atoms with Crippen LogP contribution in [-0.4, -0.2) is 118 Å². The van der Waals surface area contributed by atoms with Crippen molar-refractivity contribution < 1.29 is 34.0 Å². The molecular formula is C42H82N2O7. The number of nitrogens with zero attached hydrogens (tertiary/aromatic N) is 2. The van der Waals surface area contributed by atoms with Gasteiger partial charge >= 0.3 is 5.97 Å². The molecule has 0 spiro atoms. The Kier molecular flexibility index (Phi) is 40.3. The van der Waals surface area contributed by atoms with Crippen LogP contribution in [0.2, 0.25) is 0 Å². The molecule has 0 saturated heterocycles. The number of esters is 1. The molecule has 302 valence electrons. The summed E-state index contributed by atoms with van der Waals surface area (Å²) in [6, 6.07) is 0. The minimum absolute atomic E-state index is 0.131. The predicted molar refractivity (Wildman–Crippen MR) is 212 cm³/mol. The fraction of sp³-hybridized carbons (Fsp3) is 0.881. The van der Waals surface area contributed by atoms with Crippen molar-refractivity contribution in [2.45, 2.75) is 155 Å². The predicted octanol–water partition coefficient (Wildman–Crippen LogP) is 8.47. The van der Waals surface area contributed by atoms with E-state index >= 15 is 0 Å². The molecule has 0 fully saturated rings. The third-order valence-corrected chi connectivity index (χ3v) is 9.01. The standard InChI is InChI=1S/C42H82N2O7/c1-4-6-8-10-17-24-39-50-42(51-40-25-18-11-9-7-5-2)28-27-41(47)49-38-23-19-13-15-21-30-43(29-20-14-12-16-22-37-48-3)31-26-32-44(33-35-45)34-36-46/h6-9,42,45-46H,4-5,10-40H2,1-3H3/b8-6-,9-7-. The number of ether oxygens (including phenoxy) is 4. The van der Waals surface area contributed by atoms with Gasteiger partial charge in [0.25, 0.3) is 0 Å². The van der Waals surface area contributed by atoms with Gasteiger partial charge in [0, 0.05) is 46.4 Å². The number of unbranched alkanes of at least 4 members (excludes halogenated alkanes) is 12. The highest BCUT2D eigenvalue weighted by Crippen LogP contribution is 2.12. The van der Waals surface area contributed by atoms with Crippen LogP contribution in [0.25, 0.3) is 0 Å². The van der Waals surface area contributed by atoms with E-state index in [0.717, 1.165) is 116 Å². The highest BCUT2D eigenvalue weighted by atomic mass is 16.7. The summed E-state index contributed by atoms with van der Waals surface area (Å²) < 4.78 is 22.8. The number of hydrogen-bond donors (Lipinski definition) is 2. The maximum atomic E-state index is 12.5. The van der Waals surface area contributed by atoms with Gasteiger partial charge in [0.15, 0.2) is 6.29 Å². The summed E-state index contributed by atoms with van der Waals surface area (Å²) in [4.78, 5) is 17.2. The van der Waals surface area contributed by atoms with Crippen molar-refractivity contribution >= 4 is 5.97 Å². The summed E-state index contributed by atoms with van der Waals surface area (Å²) in [5, 5.41) is 18.6. The molecule has 0 rings (SSSR count). The average Bonchev–Trinajstić information content (AvgIpc) is 3.13. The summed E-state index contributed by atoms with van der Waals surface area (Å²) in [7, 11) is 1.77. The topological polar surface area (TPSA) is 101 Å². The Bertz CT molecular complexity index is 737. The van der Waals surface area contributed by atoms with E-state index in [4.69, 9.17) is 18.9 Å². The van der Waals surface area contributed by atoms with Gasteiger partial charge in [0.1, 0.15) is 0 Å². The summed E-state index contributed by atoms with van der Waals surface area (Å²) in [5.41, 5.74) is 0. The number of methoxy groups -OCH3 is 1. The van der Waals surface area contributed by atoms with Gasteiger partial charge in [0.05, 0.1) is 26.2 Å². The number of hydrogen-bond acceptors (Lipinski definition) is 9. The Morgan fingerprint density at radius 3 is 1.51 bits per heavy atom. The molecule has 0 aliphatic heterocycles. The van der Waals surface area contributed by atoms with E-state index in [1.807, 2.05) is 0 Å². The van der Waals surface area contributed by atoms with E-state index in [9.17, 15) is 15.0 Å². The Labute approximate surface area is 314 Å². The SMILES string of the molecule is CC/C=C\CCCCOC(CCC(=O)OCCCCCCCN(CCCCCCCOC)CCCN(CCO)CCO)OCCCC/C=C\CC. The van der Waals surface area contributed by atoms with Crippen LogP contribution in [-0.2, 0) is 23.7 Å². The van der Waals surface area contributed by atoms with Crippen molar-refractivity contribution in [3.63, 3.8) is 0 Å². The quantitative estimate of drug-likeness (QED) is 0.0278. The molecule has 0 radical (unpaired) electrons. The largest absolute Gasteiger partial charge is 0.466 e. The first-order valence-corrected chi connectivity index (χ1v) is 20.9. The second-order valence-electron chi connectivity index (χ2n) is 13.7. The highest BCUT2D eigenvalue weighted by Gasteiger charge is 2.14. The number of carbonyl (C=O) groups excluding carboxylic acids is 1. The van der Waals surface area contributed by atoms with Crippen molar-refractivity contribution in [1.82, 2.24) is 9.80 Å². The average molecular weight is 727 g/mol. The molecule has 0 aromatic carbocycles. The Balaban J connectivity index is 4.34. The van der Waals surface area contributed by atoms with Crippen molar-refractivity contribution in [3.8, 4) is 0 Å². The number of carbonyl (C=O) groups is 1. The van der Waals surface area contributed by atoms with Crippen molar-refractivity contribution in [1.29, 1.82) is 0 Å². The lowest BCUT2D eigenvalue weighted by Gasteiger charge is -2.25. The van der Waals surface area contributed by atoms with Crippen molar-refractivity contribution in [3.05, 3.63) is 24.3 Å². The summed E-state index contributed by atoms with van der Waals surface area (Å²) >= 11 is 0. The summed E-state index contributed by atoms with van der Waals surface area (Å²) in [6.07, 6.45) is 30.5. The summed E-state index contributed by atoms with van der Waals surface area (Å²) in [5.74, 6) is -0.160. The monoisotopic (exact) mass is 727 g/mol. The molecule has 0 amide bonds. The van der Waals surface area contributed by atoms with E-state index in [1.165, 1.54) is 38.5 Å². The third kappa shape index (κ3) is 36.8.